The van der Waals surface area contributed by atoms with Crippen LogP contribution in [0.2, 0.25) is 0 Å². The second-order valence-corrected chi connectivity index (χ2v) is 15.1. The highest BCUT2D eigenvalue weighted by Gasteiger charge is 2.26. The minimum Gasteiger partial charge on any atom is -0.494 e. The van der Waals surface area contributed by atoms with E-state index in [4.69, 9.17) is 22.8 Å². The molecule has 1 aromatic rings. The maximum Gasteiger partial charge on any atom is 0.248 e. The third-order valence-electron chi connectivity index (χ3n) is 2.62. The lowest BCUT2D eigenvalue weighted by molar-refractivity contribution is 0.340. The summed E-state index contributed by atoms with van der Waals surface area (Å²) in [5, 5.41) is 0. The Labute approximate surface area is 127 Å². The lowest BCUT2D eigenvalue weighted by Gasteiger charge is -2.28. The van der Waals surface area contributed by atoms with Gasteiger partial charge in [0.25, 0.3) is 0 Å². The van der Waals surface area contributed by atoms with Gasteiger partial charge >= 0.3 is 0 Å². The van der Waals surface area contributed by atoms with Crippen molar-refractivity contribution in [3.8, 4) is 11.5 Å². The zero-order chi connectivity index (χ0) is 15.7. The Morgan fingerprint density at radius 2 is 1.33 bits per heavy atom. The molecule has 1 aliphatic rings. The summed E-state index contributed by atoms with van der Waals surface area (Å²) in [7, 11) is -5.41. The minimum absolute atomic E-state index is 0.661. The number of nitrogens with zero attached hydrogens (tertiary/aromatic N) is 3. The van der Waals surface area contributed by atoms with Crippen molar-refractivity contribution in [2.24, 2.45) is 13.5 Å². The molecule has 0 bridgehead atoms. The van der Waals surface area contributed by atoms with Gasteiger partial charge in [0.1, 0.15) is 11.5 Å². The first-order chi connectivity index (χ1) is 9.63. The Morgan fingerprint density at radius 3 is 1.86 bits per heavy atom. The van der Waals surface area contributed by atoms with Crippen LogP contribution in [0.4, 0.5) is 0 Å². The first-order valence-electron chi connectivity index (χ1n) is 6.84. The number of hydrogen-bond donors (Lipinski definition) is 0. The van der Waals surface area contributed by atoms with Crippen molar-refractivity contribution < 1.29 is 9.26 Å². The van der Waals surface area contributed by atoms with Gasteiger partial charge in [0.05, 0.1) is 21.0 Å². The van der Waals surface area contributed by atoms with Crippen LogP contribution in [0.5, 0.6) is 11.5 Å². The molecule has 1 aromatic carbocycles. The summed E-state index contributed by atoms with van der Waals surface area (Å²) < 4.78 is 26.2. The molecular weight excluding hydrogens is 323 g/mol. The van der Waals surface area contributed by atoms with Crippen molar-refractivity contribution >= 4 is 21.8 Å². The zero-order valence-corrected chi connectivity index (χ0v) is 16.2. The molecule has 1 heterocycles. The summed E-state index contributed by atoms with van der Waals surface area (Å²) in [4.78, 5) is 0. The van der Waals surface area contributed by atoms with Gasteiger partial charge in [-0.3, -0.25) is 0 Å². The fourth-order valence-electron chi connectivity index (χ4n) is 2.40. The molecule has 0 radical (unpaired) electrons. The largest absolute Gasteiger partial charge is 0.494 e. The highest BCUT2D eigenvalue weighted by molar-refractivity contribution is 7.84. The number of hydrogen-bond acceptors (Lipinski definition) is 5. The Kier molecular flexibility index (Phi) is 4.78. The lowest BCUT2D eigenvalue weighted by Crippen LogP contribution is -1.94. The zero-order valence-electron chi connectivity index (χ0n) is 13.5. The van der Waals surface area contributed by atoms with E-state index in [1.807, 2.05) is 37.9 Å². The van der Waals surface area contributed by atoms with Gasteiger partial charge in [-0.05, 0) is 57.8 Å². The topological polar surface area (TPSA) is 55.5 Å². The first-order valence-corrected chi connectivity index (χ1v) is 14.1. The number of ether oxygens (including phenoxy) is 1. The van der Waals surface area contributed by atoms with E-state index in [1.165, 1.54) is 0 Å². The molecule has 0 saturated carbocycles. The Balaban J connectivity index is 2.32. The average Bonchev–Trinajstić information content (AvgIpc) is 2.26. The van der Waals surface area contributed by atoms with Crippen molar-refractivity contribution in [1.29, 1.82) is 0 Å². The average molecular weight is 347 g/mol. The minimum atomic E-state index is -2.14. The van der Waals surface area contributed by atoms with E-state index in [0.29, 0.717) is 6.61 Å². The molecule has 1 atom stereocenters. The summed E-state index contributed by atoms with van der Waals surface area (Å²) in [6, 6.07) is 7.67. The summed E-state index contributed by atoms with van der Waals surface area (Å²) in [5.41, 5.74) is 0. The fraction of sp³-hybridized carbons (Fsp3) is 0.538. The molecule has 1 aliphatic heterocycles. The molecule has 5 nitrogen and oxygen atoms in total. The second-order valence-electron chi connectivity index (χ2n) is 5.77. The van der Waals surface area contributed by atoms with Crippen molar-refractivity contribution in [3.05, 3.63) is 24.3 Å². The van der Waals surface area contributed by atoms with Crippen LogP contribution in [0.3, 0.4) is 0 Å². The van der Waals surface area contributed by atoms with Crippen molar-refractivity contribution in [3.63, 3.8) is 0 Å². The van der Waals surface area contributed by atoms with Gasteiger partial charge in [-0.2, -0.15) is 0 Å². The predicted molar refractivity (Wildman–Crippen MR) is 95.9 cm³/mol. The molecule has 2 rings (SSSR count). The van der Waals surface area contributed by atoms with E-state index in [-0.39, 0.29) is 0 Å². The highest BCUT2D eigenvalue weighted by Crippen LogP contribution is 2.72. The quantitative estimate of drug-likeness (QED) is 0.638. The van der Waals surface area contributed by atoms with Crippen LogP contribution in [0.1, 0.15) is 6.92 Å². The SMILES string of the molecule is CCOc1ccc(OP2(C)=NP(C)(C)=NP(C)(C)=N2)cc1. The number of benzene rings is 1. The predicted octanol–water partition coefficient (Wildman–Crippen LogP) is 5.89. The maximum absolute atomic E-state index is 6.16. The lowest BCUT2D eigenvalue weighted by atomic mass is 10.3. The summed E-state index contributed by atoms with van der Waals surface area (Å²) >= 11 is 0. The van der Waals surface area contributed by atoms with Crippen molar-refractivity contribution in [2.75, 3.05) is 39.9 Å². The van der Waals surface area contributed by atoms with Gasteiger partial charge in [0, 0.05) is 6.66 Å². The molecule has 0 fully saturated rings. The van der Waals surface area contributed by atoms with Crippen LogP contribution in [-0.2, 0) is 0 Å². The molecule has 118 valence electrons. The molecule has 21 heavy (non-hydrogen) atoms. The van der Waals surface area contributed by atoms with E-state index < -0.39 is 21.8 Å². The summed E-state index contributed by atoms with van der Waals surface area (Å²) in [5.74, 6) is 1.64. The molecule has 8 heteroatoms. The van der Waals surface area contributed by atoms with E-state index in [2.05, 4.69) is 26.7 Å². The molecule has 0 aromatic heterocycles. The van der Waals surface area contributed by atoms with Gasteiger partial charge < -0.3 is 9.26 Å². The van der Waals surface area contributed by atoms with Crippen LogP contribution in [0, 0.1) is 0 Å². The van der Waals surface area contributed by atoms with Gasteiger partial charge in [-0.25, -0.2) is 13.5 Å². The van der Waals surface area contributed by atoms with Gasteiger partial charge in [0.2, 0.25) is 7.43 Å². The normalized spacial score (nSPS) is 26.0. The third kappa shape index (κ3) is 4.74. The smallest absolute Gasteiger partial charge is 0.248 e. The van der Waals surface area contributed by atoms with Crippen LogP contribution in [-0.4, -0.2) is 39.9 Å². The molecule has 1 unspecified atom stereocenters. The Morgan fingerprint density at radius 1 is 0.810 bits per heavy atom. The number of rotatable bonds is 4. The monoisotopic (exact) mass is 347 g/mol. The van der Waals surface area contributed by atoms with Gasteiger partial charge in [-0.1, -0.05) is 0 Å². The highest BCUT2D eigenvalue weighted by atomic mass is 31.3. The standard InChI is InChI=1S/C13H24N3O2P3/c1-7-17-12-8-10-13(11-9-12)18-21(6)15-19(2,3)14-20(4,5)16-21/h8-11H,7H2,1-6H3. The Hall–Kier alpha value is -0.490. The van der Waals surface area contributed by atoms with E-state index in [9.17, 15) is 0 Å². The maximum atomic E-state index is 6.16. The third-order valence-corrected chi connectivity index (χ3v) is 12.8. The summed E-state index contributed by atoms with van der Waals surface area (Å²) in [6.07, 6.45) is 0. The second kappa shape index (κ2) is 5.95. The molecule has 0 spiro atoms. The summed E-state index contributed by atoms with van der Waals surface area (Å²) in [6.45, 7) is 13.2. The first kappa shape index (κ1) is 16.9. The molecule has 0 aliphatic carbocycles. The van der Waals surface area contributed by atoms with E-state index in [0.717, 1.165) is 11.5 Å². The van der Waals surface area contributed by atoms with E-state index in [1.54, 1.807) is 0 Å². The van der Waals surface area contributed by atoms with Crippen LogP contribution >= 0.6 is 21.8 Å². The van der Waals surface area contributed by atoms with Gasteiger partial charge in [-0.15, -0.1) is 0 Å². The molecule has 0 N–H and O–H groups in total. The molecule has 0 saturated heterocycles. The fourth-order valence-corrected chi connectivity index (χ4v) is 15.4. The van der Waals surface area contributed by atoms with Crippen LogP contribution < -0.4 is 9.26 Å². The molecular formula is C13H24N3O2P3. The van der Waals surface area contributed by atoms with Crippen LogP contribution in [0.15, 0.2) is 37.8 Å². The molecule has 0 amide bonds. The Bertz CT molecular complexity index is 676. The van der Waals surface area contributed by atoms with Gasteiger partial charge in [0.15, 0.2) is 0 Å². The van der Waals surface area contributed by atoms with E-state index >= 15 is 0 Å². The van der Waals surface area contributed by atoms with Crippen molar-refractivity contribution in [1.82, 2.24) is 0 Å². The van der Waals surface area contributed by atoms with Crippen molar-refractivity contribution in [2.45, 2.75) is 6.92 Å². The van der Waals surface area contributed by atoms with Crippen LogP contribution in [0.25, 0.3) is 0 Å².